The molecule has 2 atom stereocenters. The smallest absolute Gasteiger partial charge is 0.251 e. The summed E-state index contributed by atoms with van der Waals surface area (Å²) in [4.78, 5) is 19.9. The van der Waals surface area contributed by atoms with Gasteiger partial charge in [0.25, 0.3) is 5.91 Å². The Morgan fingerprint density at radius 3 is 2.88 bits per heavy atom. The Morgan fingerprint density at radius 1 is 1.19 bits per heavy atom. The van der Waals surface area contributed by atoms with E-state index in [4.69, 9.17) is 0 Å². The summed E-state index contributed by atoms with van der Waals surface area (Å²) in [5.41, 5.74) is 1.66. The lowest BCUT2D eigenvalue weighted by atomic mass is 10.00. The number of hydrogen-bond acceptors (Lipinski definition) is 4. The monoisotopic (exact) mass is 366 g/mol. The highest BCUT2D eigenvalue weighted by atomic mass is 32.1. The maximum absolute atomic E-state index is 12.8. The number of carbonyl (C=O) groups excluding carboxylic acids is 1. The van der Waals surface area contributed by atoms with Gasteiger partial charge in [-0.15, -0.1) is 0 Å². The zero-order valence-corrected chi connectivity index (χ0v) is 15.4. The van der Waals surface area contributed by atoms with E-state index in [2.05, 4.69) is 15.2 Å². The van der Waals surface area contributed by atoms with Crippen LogP contribution in [0.1, 0.15) is 36.0 Å². The third kappa shape index (κ3) is 2.93. The Balaban J connectivity index is 1.34. The minimum absolute atomic E-state index is 0.0341. The number of thiazole rings is 1. The van der Waals surface area contributed by atoms with Crippen molar-refractivity contribution in [2.75, 3.05) is 13.1 Å². The molecule has 1 N–H and O–H groups in total. The van der Waals surface area contributed by atoms with Crippen molar-refractivity contribution in [2.24, 2.45) is 0 Å². The van der Waals surface area contributed by atoms with Crippen molar-refractivity contribution in [3.8, 4) is 5.13 Å². The van der Waals surface area contributed by atoms with Crippen LogP contribution in [-0.4, -0.2) is 45.5 Å². The van der Waals surface area contributed by atoms with Crippen LogP contribution in [0.15, 0.2) is 42.7 Å². The highest BCUT2D eigenvalue weighted by Crippen LogP contribution is 2.28. The summed E-state index contributed by atoms with van der Waals surface area (Å²) >= 11 is 1.61. The van der Waals surface area contributed by atoms with Gasteiger partial charge in [-0.2, -0.15) is 0 Å². The number of aromatic nitrogens is 2. The van der Waals surface area contributed by atoms with Gasteiger partial charge in [0.05, 0.1) is 10.2 Å². The Bertz CT molecular complexity index is 933. The number of benzene rings is 1. The van der Waals surface area contributed by atoms with Crippen molar-refractivity contribution in [3.05, 3.63) is 48.3 Å². The number of carbonyl (C=O) groups is 1. The zero-order chi connectivity index (χ0) is 17.5. The van der Waals surface area contributed by atoms with E-state index >= 15 is 0 Å². The molecule has 1 aromatic carbocycles. The standard InChI is InChI=1S/C20H22N4OS/c25-19(21-15-4-3-5-16-8-11-24(16)13-15)14-6-7-17-18(12-14)26-20(22-17)23-9-1-2-10-23/h1-2,6-7,9-10,12,15-16H,3-5,8,11,13H2,(H,21,25)/t15-,16?/m1/s1. The molecule has 0 spiro atoms. The Kier molecular flexibility index (Phi) is 4.02. The molecule has 6 heteroatoms. The molecule has 2 aliphatic rings. The van der Waals surface area contributed by atoms with Crippen LogP contribution >= 0.6 is 11.3 Å². The SMILES string of the molecule is O=C(N[C@@H]1CCCC2CCN2C1)c1ccc2nc(-n3cccc3)sc2c1. The summed E-state index contributed by atoms with van der Waals surface area (Å²) < 4.78 is 3.05. The lowest BCUT2D eigenvalue weighted by Crippen LogP contribution is -2.52. The molecular formula is C20H22N4OS. The van der Waals surface area contributed by atoms with E-state index in [0.717, 1.165) is 39.9 Å². The van der Waals surface area contributed by atoms with E-state index in [-0.39, 0.29) is 11.9 Å². The molecule has 0 radical (unpaired) electrons. The van der Waals surface area contributed by atoms with Crippen LogP contribution < -0.4 is 5.32 Å². The predicted octanol–water partition coefficient (Wildman–Crippen LogP) is 3.44. The van der Waals surface area contributed by atoms with Gasteiger partial charge >= 0.3 is 0 Å². The third-order valence-corrected chi connectivity index (χ3v) is 6.64. The number of fused-ring (bicyclic) bond motifs is 2. The van der Waals surface area contributed by atoms with Crippen molar-refractivity contribution in [2.45, 2.75) is 37.8 Å². The zero-order valence-electron chi connectivity index (χ0n) is 14.6. The van der Waals surface area contributed by atoms with Crippen LogP contribution in [0.5, 0.6) is 0 Å². The molecule has 5 nitrogen and oxygen atoms in total. The summed E-state index contributed by atoms with van der Waals surface area (Å²) in [6.07, 6.45) is 8.87. The van der Waals surface area contributed by atoms with Gasteiger partial charge in [0.1, 0.15) is 0 Å². The minimum Gasteiger partial charge on any atom is -0.348 e. The summed E-state index contributed by atoms with van der Waals surface area (Å²) in [5, 5.41) is 4.18. The predicted molar refractivity (Wildman–Crippen MR) is 104 cm³/mol. The first kappa shape index (κ1) is 16.0. The highest BCUT2D eigenvalue weighted by Gasteiger charge is 2.32. The van der Waals surface area contributed by atoms with Gasteiger partial charge in [-0.05, 0) is 62.6 Å². The average Bonchev–Trinajstić information content (AvgIpc) is 3.27. The quantitative estimate of drug-likeness (QED) is 0.772. The lowest BCUT2D eigenvalue weighted by molar-refractivity contribution is 0.0788. The van der Waals surface area contributed by atoms with Gasteiger partial charge in [-0.1, -0.05) is 11.3 Å². The first-order valence-electron chi connectivity index (χ1n) is 9.35. The summed E-state index contributed by atoms with van der Waals surface area (Å²) in [6, 6.07) is 10.8. The number of nitrogens with zero attached hydrogens (tertiary/aromatic N) is 3. The molecule has 5 rings (SSSR count). The van der Waals surface area contributed by atoms with E-state index in [9.17, 15) is 4.79 Å². The minimum atomic E-state index is 0.0341. The van der Waals surface area contributed by atoms with E-state index < -0.39 is 0 Å². The fraction of sp³-hybridized carbons (Fsp3) is 0.400. The van der Waals surface area contributed by atoms with E-state index in [0.29, 0.717) is 0 Å². The third-order valence-electron chi connectivity index (χ3n) is 5.61. The van der Waals surface area contributed by atoms with Crippen molar-refractivity contribution >= 4 is 27.5 Å². The van der Waals surface area contributed by atoms with E-state index in [1.54, 1.807) is 11.3 Å². The first-order chi connectivity index (χ1) is 12.8. The van der Waals surface area contributed by atoms with Crippen LogP contribution in [0.2, 0.25) is 0 Å². The van der Waals surface area contributed by atoms with Crippen molar-refractivity contribution in [1.29, 1.82) is 0 Å². The molecule has 0 aliphatic carbocycles. The van der Waals surface area contributed by atoms with Crippen LogP contribution in [0, 0.1) is 0 Å². The molecule has 4 heterocycles. The van der Waals surface area contributed by atoms with Crippen molar-refractivity contribution < 1.29 is 4.79 Å². The molecule has 2 aliphatic heterocycles. The fourth-order valence-electron chi connectivity index (χ4n) is 4.05. The summed E-state index contributed by atoms with van der Waals surface area (Å²) in [6.45, 7) is 2.18. The maximum atomic E-state index is 12.8. The molecular weight excluding hydrogens is 344 g/mol. The summed E-state index contributed by atoms with van der Waals surface area (Å²) in [5.74, 6) is 0.0341. The van der Waals surface area contributed by atoms with Crippen LogP contribution in [0.25, 0.3) is 15.3 Å². The second-order valence-corrected chi connectivity index (χ2v) is 8.32. The van der Waals surface area contributed by atoms with Gasteiger partial charge in [0, 0.05) is 36.6 Å². The van der Waals surface area contributed by atoms with Gasteiger partial charge in [0.15, 0.2) is 5.13 Å². The van der Waals surface area contributed by atoms with Crippen LogP contribution in [-0.2, 0) is 0 Å². The molecule has 26 heavy (non-hydrogen) atoms. The Hall–Kier alpha value is -2.18. The molecule has 2 fully saturated rings. The van der Waals surface area contributed by atoms with Crippen LogP contribution in [0.3, 0.4) is 0 Å². The molecule has 1 unspecified atom stereocenters. The number of nitrogens with one attached hydrogen (secondary N) is 1. The van der Waals surface area contributed by atoms with Crippen LogP contribution in [0.4, 0.5) is 0 Å². The first-order valence-corrected chi connectivity index (χ1v) is 10.2. The largest absolute Gasteiger partial charge is 0.348 e. The van der Waals surface area contributed by atoms with Crippen molar-refractivity contribution in [3.63, 3.8) is 0 Å². The van der Waals surface area contributed by atoms with E-state index in [1.165, 1.54) is 25.8 Å². The topological polar surface area (TPSA) is 50.2 Å². The molecule has 3 aromatic rings. The lowest BCUT2D eigenvalue weighted by Gasteiger charge is -2.40. The summed E-state index contributed by atoms with van der Waals surface area (Å²) in [7, 11) is 0. The molecule has 0 bridgehead atoms. The number of hydrogen-bond donors (Lipinski definition) is 1. The van der Waals surface area contributed by atoms with Gasteiger partial charge < -0.3 is 9.88 Å². The van der Waals surface area contributed by atoms with Gasteiger partial charge in [-0.25, -0.2) is 4.98 Å². The average molecular weight is 366 g/mol. The second kappa shape index (κ2) is 6.52. The second-order valence-electron chi connectivity index (χ2n) is 7.31. The number of amides is 1. The normalized spacial score (nSPS) is 23.2. The van der Waals surface area contributed by atoms with Gasteiger partial charge in [0.2, 0.25) is 0 Å². The van der Waals surface area contributed by atoms with E-state index in [1.807, 2.05) is 47.3 Å². The molecule has 1 amide bonds. The Labute approximate surface area is 156 Å². The maximum Gasteiger partial charge on any atom is 0.251 e. The Morgan fingerprint density at radius 2 is 2.08 bits per heavy atom. The van der Waals surface area contributed by atoms with Crippen molar-refractivity contribution in [1.82, 2.24) is 19.8 Å². The van der Waals surface area contributed by atoms with Gasteiger partial charge in [-0.3, -0.25) is 9.69 Å². The molecule has 0 saturated carbocycles. The molecule has 134 valence electrons. The molecule has 2 aromatic heterocycles. The highest BCUT2D eigenvalue weighted by molar-refractivity contribution is 7.20. The number of rotatable bonds is 3. The fourth-order valence-corrected chi connectivity index (χ4v) is 5.02. The molecule has 2 saturated heterocycles.